The highest BCUT2D eigenvalue weighted by molar-refractivity contribution is 5.92. The van der Waals surface area contributed by atoms with Crippen molar-refractivity contribution in [1.29, 1.82) is 0 Å². The number of carbonyl (C=O) groups excluding carboxylic acids is 1. The van der Waals surface area contributed by atoms with Gasteiger partial charge in [-0.1, -0.05) is 0 Å². The zero-order chi connectivity index (χ0) is 11.6. The van der Waals surface area contributed by atoms with Gasteiger partial charge in [0.05, 0.1) is 12.8 Å². The number of nitrogen functional groups attached to an aromatic ring is 1. The van der Waals surface area contributed by atoms with Crippen LogP contribution in [0.1, 0.15) is 16.2 Å². The Kier molecular flexibility index (Phi) is 2.78. The van der Waals surface area contributed by atoms with Crippen molar-refractivity contribution in [2.24, 2.45) is 0 Å². The molecule has 1 rings (SSSR count). The van der Waals surface area contributed by atoms with Crippen molar-refractivity contribution in [1.82, 2.24) is 10.2 Å². The molecule has 82 valence electrons. The summed E-state index contributed by atoms with van der Waals surface area (Å²) in [6.07, 6.45) is -4.64. The zero-order valence-electron chi connectivity index (χ0n) is 7.50. The van der Waals surface area contributed by atoms with E-state index in [4.69, 9.17) is 5.73 Å². The van der Waals surface area contributed by atoms with Crippen LogP contribution in [-0.4, -0.2) is 23.3 Å². The SMILES string of the molecule is COC(=O)c1nnc(C(F)(F)F)cc1N. The number of ether oxygens (including phenoxy) is 1. The third-order valence-electron chi connectivity index (χ3n) is 1.49. The topological polar surface area (TPSA) is 78.1 Å². The van der Waals surface area contributed by atoms with Gasteiger partial charge in [0.1, 0.15) is 0 Å². The van der Waals surface area contributed by atoms with Crippen LogP contribution in [0.2, 0.25) is 0 Å². The molecular weight excluding hydrogens is 215 g/mol. The predicted octanol–water partition coefficient (Wildman–Crippen LogP) is 0.864. The lowest BCUT2D eigenvalue weighted by Gasteiger charge is -2.06. The Labute approximate surface area is 82.0 Å². The maximum absolute atomic E-state index is 12.1. The number of rotatable bonds is 1. The highest BCUT2D eigenvalue weighted by atomic mass is 19.4. The lowest BCUT2D eigenvalue weighted by atomic mass is 10.3. The lowest BCUT2D eigenvalue weighted by Crippen LogP contribution is -2.15. The van der Waals surface area contributed by atoms with Gasteiger partial charge in [0.2, 0.25) is 0 Å². The highest BCUT2D eigenvalue weighted by Gasteiger charge is 2.34. The number of esters is 1. The molecule has 0 spiro atoms. The summed E-state index contributed by atoms with van der Waals surface area (Å²) in [6.45, 7) is 0. The van der Waals surface area contributed by atoms with Crippen LogP contribution in [0, 0.1) is 0 Å². The number of aromatic nitrogens is 2. The van der Waals surface area contributed by atoms with E-state index >= 15 is 0 Å². The first kappa shape index (κ1) is 11.2. The normalized spacial score (nSPS) is 11.2. The van der Waals surface area contributed by atoms with Gasteiger partial charge in [-0.05, 0) is 6.07 Å². The Morgan fingerprint density at radius 2 is 2.07 bits per heavy atom. The number of hydrogen-bond acceptors (Lipinski definition) is 5. The predicted molar refractivity (Wildman–Crippen MR) is 42.8 cm³/mol. The molecule has 0 unspecified atom stereocenters. The second-order valence-electron chi connectivity index (χ2n) is 2.52. The summed E-state index contributed by atoms with van der Waals surface area (Å²) in [4.78, 5) is 10.9. The van der Waals surface area contributed by atoms with Crippen molar-refractivity contribution in [3.63, 3.8) is 0 Å². The van der Waals surface area contributed by atoms with Crippen LogP contribution in [0.3, 0.4) is 0 Å². The molecule has 0 saturated heterocycles. The molecule has 0 amide bonds. The van der Waals surface area contributed by atoms with Crippen LogP contribution >= 0.6 is 0 Å². The number of nitrogens with zero attached hydrogens (tertiary/aromatic N) is 2. The van der Waals surface area contributed by atoms with Gasteiger partial charge < -0.3 is 10.5 Å². The summed E-state index contributed by atoms with van der Waals surface area (Å²) in [6, 6.07) is 0.527. The standard InChI is InChI=1S/C7H6F3N3O2/c1-15-6(14)5-3(11)2-4(12-13-5)7(8,9)10/h2H,1H3,(H2,11,12). The first-order valence-corrected chi connectivity index (χ1v) is 3.65. The van der Waals surface area contributed by atoms with Gasteiger partial charge in [-0.3, -0.25) is 0 Å². The van der Waals surface area contributed by atoms with Crippen LogP contribution in [0.25, 0.3) is 0 Å². The average Bonchev–Trinajstić information content (AvgIpc) is 2.15. The fourth-order valence-electron chi connectivity index (χ4n) is 0.800. The minimum Gasteiger partial charge on any atom is -0.464 e. The largest absolute Gasteiger partial charge is 0.464 e. The van der Waals surface area contributed by atoms with E-state index in [9.17, 15) is 18.0 Å². The number of anilines is 1. The van der Waals surface area contributed by atoms with Gasteiger partial charge in [0, 0.05) is 0 Å². The summed E-state index contributed by atoms with van der Waals surface area (Å²) >= 11 is 0. The minimum absolute atomic E-state index is 0.427. The Morgan fingerprint density at radius 3 is 2.47 bits per heavy atom. The summed E-state index contributed by atoms with van der Waals surface area (Å²) in [5, 5.41) is 5.87. The summed E-state index contributed by atoms with van der Waals surface area (Å²) < 4.78 is 40.6. The number of halogens is 3. The Morgan fingerprint density at radius 1 is 1.47 bits per heavy atom. The van der Waals surface area contributed by atoms with Crippen LogP contribution < -0.4 is 5.73 Å². The second kappa shape index (κ2) is 3.71. The lowest BCUT2D eigenvalue weighted by molar-refractivity contribution is -0.141. The molecule has 0 saturated carbocycles. The average molecular weight is 221 g/mol. The zero-order valence-corrected chi connectivity index (χ0v) is 7.50. The molecular formula is C7H6F3N3O2. The molecule has 1 heterocycles. The number of hydrogen-bond donors (Lipinski definition) is 1. The summed E-state index contributed by atoms with van der Waals surface area (Å²) in [7, 11) is 1.06. The molecule has 0 radical (unpaired) electrons. The maximum atomic E-state index is 12.1. The number of methoxy groups -OCH3 is 1. The molecule has 0 aliphatic carbocycles. The third-order valence-corrected chi connectivity index (χ3v) is 1.49. The van der Waals surface area contributed by atoms with Crippen molar-refractivity contribution in [3.05, 3.63) is 17.5 Å². The molecule has 0 aliphatic heterocycles. The van der Waals surface area contributed by atoms with Gasteiger partial charge in [-0.2, -0.15) is 13.2 Å². The van der Waals surface area contributed by atoms with E-state index in [-0.39, 0.29) is 0 Å². The van der Waals surface area contributed by atoms with Crippen LogP contribution in [0.4, 0.5) is 18.9 Å². The first-order chi connectivity index (χ1) is 6.86. The van der Waals surface area contributed by atoms with Crippen molar-refractivity contribution in [2.75, 3.05) is 12.8 Å². The van der Waals surface area contributed by atoms with Gasteiger partial charge in [-0.25, -0.2) is 4.79 Å². The molecule has 0 aliphatic rings. The Balaban J connectivity index is 3.15. The van der Waals surface area contributed by atoms with Gasteiger partial charge in [-0.15, -0.1) is 10.2 Å². The Bertz CT molecular complexity index is 392. The van der Waals surface area contributed by atoms with E-state index < -0.39 is 29.2 Å². The third kappa shape index (κ3) is 2.33. The quantitative estimate of drug-likeness (QED) is 0.711. The number of alkyl halides is 3. The second-order valence-corrected chi connectivity index (χ2v) is 2.52. The van der Waals surface area contributed by atoms with E-state index in [1.54, 1.807) is 0 Å². The molecule has 1 aromatic heterocycles. The Hall–Kier alpha value is -1.86. The van der Waals surface area contributed by atoms with E-state index in [0.29, 0.717) is 6.07 Å². The van der Waals surface area contributed by atoms with Crippen LogP contribution in [-0.2, 0) is 10.9 Å². The molecule has 1 aromatic rings. The first-order valence-electron chi connectivity index (χ1n) is 3.65. The van der Waals surface area contributed by atoms with Crippen molar-refractivity contribution in [2.45, 2.75) is 6.18 Å². The van der Waals surface area contributed by atoms with Crippen LogP contribution in [0.5, 0.6) is 0 Å². The minimum atomic E-state index is -4.64. The van der Waals surface area contributed by atoms with E-state index in [1.165, 1.54) is 0 Å². The number of nitrogens with two attached hydrogens (primary N) is 1. The number of carbonyl (C=O) groups is 1. The maximum Gasteiger partial charge on any atom is 0.435 e. The molecule has 15 heavy (non-hydrogen) atoms. The van der Waals surface area contributed by atoms with Crippen LogP contribution in [0.15, 0.2) is 6.07 Å². The van der Waals surface area contributed by atoms with E-state index in [0.717, 1.165) is 7.11 Å². The van der Waals surface area contributed by atoms with Gasteiger partial charge >= 0.3 is 12.1 Å². The monoisotopic (exact) mass is 221 g/mol. The fraction of sp³-hybridized carbons (Fsp3) is 0.286. The molecule has 0 bridgehead atoms. The van der Waals surface area contributed by atoms with Crippen molar-refractivity contribution < 1.29 is 22.7 Å². The van der Waals surface area contributed by atoms with Gasteiger partial charge in [0.15, 0.2) is 11.4 Å². The molecule has 5 nitrogen and oxygen atoms in total. The van der Waals surface area contributed by atoms with E-state index in [1.807, 2.05) is 0 Å². The molecule has 8 heteroatoms. The smallest absolute Gasteiger partial charge is 0.435 e. The van der Waals surface area contributed by atoms with E-state index in [2.05, 4.69) is 14.9 Å². The van der Waals surface area contributed by atoms with Crippen molar-refractivity contribution >= 4 is 11.7 Å². The van der Waals surface area contributed by atoms with Gasteiger partial charge in [0.25, 0.3) is 0 Å². The highest BCUT2D eigenvalue weighted by Crippen LogP contribution is 2.28. The summed E-state index contributed by atoms with van der Waals surface area (Å²) in [5.41, 5.74) is 3.07. The summed E-state index contributed by atoms with van der Waals surface area (Å²) in [5.74, 6) is -0.936. The molecule has 0 atom stereocenters. The fourth-order valence-corrected chi connectivity index (χ4v) is 0.800. The molecule has 2 N–H and O–H groups in total. The molecule has 0 aromatic carbocycles. The van der Waals surface area contributed by atoms with Crippen molar-refractivity contribution in [3.8, 4) is 0 Å². The molecule has 0 fully saturated rings.